The Hall–Kier alpha value is -0.820. The average molecular weight is 255 g/mol. The van der Waals surface area contributed by atoms with E-state index in [0.29, 0.717) is 5.41 Å². The molecule has 3 atom stereocenters. The summed E-state index contributed by atoms with van der Waals surface area (Å²) in [7, 11) is 2.35. The molecule has 0 unspecified atom stereocenters. The van der Waals surface area contributed by atoms with Gasteiger partial charge in [0.2, 0.25) is 0 Å². The Morgan fingerprint density at radius 3 is 3.00 bits per heavy atom. The maximum Gasteiger partial charge on any atom is 0.0170 e. The second kappa shape index (κ2) is 4.09. The molecule has 0 amide bonds. The number of likely N-dealkylation sites (tertiary alicyclic amines) is 1. The molecule has 3 aliphatic rings. The van der Waals surface area contributed by atoms with Crippen molar-refractivity contribution in [3.8, 4) is 0 Å². The van der Waals surface area contributed by atoms with Gasteiger partial charge in [0.25, 0.3) is 0 Å². The van der Waals surface area contributed by atoms with Gasteiger partial charge in [-0.2, -0.15) is 0 Å². The van der Waals surface area contributed by atoms with E-state index >= 15 is 0 Å². The van der Waals surface area contributed by atoms with E-state index < -0.39 is 0 Å². The molecule has 0 radical (unpaired) electrons. The zero-order valence-electron chi connectivity index (χ0n) is 12.3. The summed E-state index contributed by atoms with van der Waals surface area (Å²) in [6.07, 6.45) is 8.49. The first-order valence-electron chi connectivity index (χ1n) is 8.01. The van der Waals surface area contributed by atoms with Crippen LogP contribution in [0.1, 0.15) is 48.8 Å². The van der Waals surface area contributed by atoms with Gasteiger partial charge < -0.3 is 4.90 Å². The summed E-state index contributed by atoms with van der Waals surface area (Å²) in [5.41, 5.74) is 5.50. The highest BCUT2D eigenvalue weighted by atomic mass is 15.1. The quantitative estimate of drug-likeness (QED) is 0.683. The molecule has 102 valence electrons. The monoisotopic (exact) mass is 255 g/mol. The molecule has 19 heavy (non-hydrogen) atoms. The van der Waals surface area contributed by atoms with Gasteiger partial charge in [-0.1, -0.05) is 31.0 Å². The molecule has 1 aromatic carbocycles. The molecule has 2 aliphatic carbocycles. The Morgan fingerprint density at radius 2 is 2.11 bits per heavy atom. The van der Waals surface area contributed by atoms with Gasteiger partial charge in [0.15, 0.2) is 0 Å². The summed E-state index contributed by atoms with van der Waals surface area (Å²) in [5, 5.41) is 0. The minimum Gasteiger partial charge on any atom is -0.303 e. The molecule has 2 fully saturated rings. The minimum absolute atomic E-state index is 0.537. The number of benzene rings is 1. The number of rotatable bonds is 0. The molecular weight excluding hydrogens is 230 g/mol. The van der Waals surface area contributed by atoms with Crippen molar-refractivity contribution in [3.63, 3.8) is 0 Å². The van der Waals surface area contributed by atoms with Gasteiger partial charge in [0.05, 0.1) is 0 Å². The fraction of sp³-hybridized carbons (Fsp3) is 0.667. The van der Waals surface area contributed by atoms with Crippen LogP contribution in [0.4, 0.5) is 0 Å². The van der Waals surface area contributed by atoms with Gasteiger partial charge in [0.1, 0.15) is 0 Å². The fourth-order valence-electron chi connectivity index (χ4n) is 5.40. The third kappa shape index (κ3) is 1.51. The first-order chi connectivity index (χ1) is 9.22. The van der Waals surface area contributed by atoms with Crippen LogP contribution in [0.5, 0.6) is 0 Å². The number of hydrogen-bond acceptors (Lipinski definition) is 1. The largest absolute Gasteiger partial charge is 0.303 e. The van der Waals surface area contributed by atoms with Gasteiger partial charge >= 0.3 is 0 Å². The predicted molar refractivity (Wildman–Crippen MR) is 79.6 cm³/mol. The topological polar surface area (TPSA) is 3.24 Å². The Balaban J connectivity index is 1.92. The molecule has 0 aromatic heterocycles. The van der Waals surface area contributed by atoms with E-state index in [1.165, 1.54) is 50.6 Å². The first-order valence-corrected chi connectivity index (χ1v) is 8.01. The summed E-state index contributed by atoms with van der Waals surface area (Å²) in [6.45, 7) is 3.61. The number of nitrogens with zero attached hydrogens (tertiary/aromatic N) is 1. The number of hydrogen-bond donors (Lipinski definition) is 0. The first kappa shape index (κ1) is 12.0. The van der Waals surface area contributed by atoms with Crippen molar-refractivity contribution in [3.05, 3.63) is 34.9 Å². The summed E-state index contributed by atoms with van der Waals surface area (Å²) in [6, 6.07) is 7.88. The van der Waals surface area contributed by atoms with Crippen LogP contribution in [-0.2, 0) is 11.8 Å². The number of fused-ring (bicyclic) bond motifs is 1. The second-order valence-electron chi connectivity index (χ2n) is 7.11. The highest BCUT2D eigenvalue weighted by Crippen LogP contribution is 2.55. The standard InChI is InChI=1S/C18H25N/c1-13-6-5-8-15-14(13)12-17-16-7-3-4-9-18(15,16)10-11-19(17)2/h5-6,8,16-17H,3-4,7,9-12H2,1-2H3/t16-,17+,18-/m0/s1. The molecule has 1 aliphatic heterocycles. The molecule has 0 spiro atoms. The van der Waals surface area contributed by atoms with Gasteiger partial charge in [-0.3, -0.25) is 0 Å². The lowest BCUT2D eigenvalue weighted by atomic mass is 9.52. The molecule has 2 bridgehead atoms. The number of likely N-dealkylation sites (N-methyl/N-ethyl adjacent to an activating group) is 1. The Bertz CT molecular complexity index is 506. The van der Waals surface area contributed by atoms with Crippen LogP contribution in [0.15, 0.2) is 18.2 Å². The maximum absolute atomic E-state index is 2.66. The van der Waals surface area contributed by atoms with Crippen molar-refractivity contribution in [2.45, 2.75) is 56.9 Å². The SMILES string of the molecule is Cc1cccc2c1C[C@@H]1[C@@H]3CCCC[C@]23CCN1C. The predicted octanol–water partition coefficient (Wildman–Crippen LogP) is 3.68. The molecule has 1 nitrogen and oxygen atoms in total. The van der Waals surface area contributed by atoms with E-state index in [9.17, 15) is 0 Å². The smallest absolute Gasteiger partial charge is 0.0170 e. The third-order valence-corrected chi connectivity index (χ3v) is 6.40. The van der Waals surface area contributed by atoms with Crippen LogP contribution in [0.3, 0.4) is 0 Å². The Kier molecular flexibility index (Phi) is 2.57. The van der Waals surface area contributed by atoms with Crippen molar-refractivity contribution in [2.24, 2.45) is 5.92 Å². The van der Waals surface area contributed by atoms with Gasteiger partial charge in [-0.25, -0.2) is 0 Å². The Labute approximate surface area is 117 Å². The Morgan fingerprint density at radius 1 is 1.21 bits per heavy atom. The zero-order valence-corrected chi connectivity index (χ0v) is 12.3. The molecule has 1 saturated heterocycles. The van der Waals surface area contributed by atoms with Crippen molar-refractivity contribution < 1.29 is 0 Å². The summed E-state index contributed by atoms with van der Waals surface area (Å²) >= 11 is 0. The van der Waals surface area contributed by atoms with E-state index in [1.54, 1.807) is 11.1 Å². The van der Waals surface area contributed by atoms with Crippen LogP contribution < -0.4 is 0 Å². The van der Waals surface area contributed by atoms with Gasteiger partial charge in [-0.05, 0) is 68.8 Å². The highest BCUT2D eigenvalue weighted by molar-refractivity contribution is 5.45. The highest BCUT2D eigenvalue weighted by Gasteiger charge is 2.53. The summed E-state index contributed by atoms with van der Waals surface area (Å²) in [4.78, 5) is 2.66. The van der Waals surface area contributed by atoms with Gasteiger partial charge in [-0.15, -0.1) is 0 Å². The normalized spacial score (nSPS) is 37.6. The van der Waals surface area contributed by atoms with Crippen molar-refractivity contribution in [1.29, 1.82) is 0 Å². The lowest BCUT2D eigenvalue weighted by molar-refractivity contribution is 0.00270. The average Bonchev–Trinajstić information content (AvgIpc) is 2.44. The van der Waals surface area contributed by atoms with Crippen LogP contribution in [-0.4, -0.2) is 24.5 Å². The summed E-state index contributed by atoms with van der Waals surface area (Å²) in [5.74, 6) is 0.925. The number of piperidine rings is 1. The van der Waals surface area contributed by atoms with Crippen molar-refractivity contribution in [2.75, 3.05) is 13.6 Å². The van der Waals surface area contributed by atoms with Crippen LogP contribution >= 0.6 is 0 Å². The minimum atomic E-state index is 0.537. The van der Waals surface area contributed by atoms with E-state index in [1.807, 2.05) is 0 Å². The van der Waals surface area contributed by atoms with E-state index in [-0.39, 0.29) is 0 Å². The van der Waals surface area contributed by atoms with Crippen molar-refractivity contribution >= 4 is 0 Å². The third-order valence-electron chi connectivity index (χ3n) is 6.40. The lowest BCUT2D eigenvalue weighted by Crippen LogP contribution is -2.59. The second-order valence-corrected chi connectivity index (χ2v) is 7.11. The number of aryl methyl sites for hydroxylation is 1. The lowest BCUT2D eigenvalue weighted by Gasteiger charge is -2.58. The molecule has 1 heterocycles. The molecule has 1 aromatic rings. The molecule has 1 saturated carbocycles. The van der Waals surface area contributed by atoms with E-state index in [2.05, 4.69) is 37.1 Å². The fourth-order valence-corrected chi connectivity index (χ4v) is 5.40. The van der Waals surface area contributed by atoms with Gasteiger partial charge in [0, 0.05) is 11.5 Å². The van der Waals surface area contributed by atoms with Crippen LogP contribution in [0.2, 0.25) is 0 Å². The summed E-state index contributed by atoms with van der Waals surface area (Å²) < 4.78 is 0. The molecule has 4 rings (SSSR count). The maximum atomic E-state index is 2.66. The van der Waals surface area contributed by atoms with Crippen molar-refractivity contribution in [1.82, 2.24) is 4.90 Å². The van der Waals surface area contributed by atoms with E-state index in [4.69, 9.17) is 0 Å². The zero-order chi connectivity index (χ0) is 13.0. The molecule has 0 N–H and O–H groups in total. The van der Waals surface area contributed by atoms with Crippen LogP contribution in [0, 0.1) is 12.8 Å². The molecular formula is C18H25N. The van der Waals surface area contributed by atoms with Crippen LogP contribution in [0.25, 0.3) is 0 Å². The van der Waals surface area contributed by atoms with E-state index in [0.717, 1.165) is 12.0 Å². The molecule has 1 heteroatoms.